The second kappa shape index (κ2) is 3.70. The van der Waals surface area contributed by atoms with Crippen LogP contribution in [0.1, 0.15) is 16.2 Å². The number of benzene rings is 1. The first kappa shape index (κ1) is 9.67. The number of fused-ring (bicyclic) bond motifs is 1. The van der Waals surface area contributed by atoms with Crippen LogP contribution in [0.25, 0.3) is 11.1 Å². The molecule has 0 aliphatic rings. The molecule has 78 valence electrons. The number of carbonyl (C=O) groups excluding carboxylic acids is 1. The summed E-state index contributed by atoms with van der Waals surface area (Å²) in [5, 5.41) is 0. The lowest BCUT2D eigenvalue weighted by molar-refractivity contribution is 0.0559. The summed E-state index contributed by atoms with van der Waals surface area (Å²) in [6, 6.07) is 5.34. The molecule has 0 saturated heterocycles. The fourth-order valence-corrected chi connectivity index (χ4v) is 1.27. The van der Waals surface area contributed by atoms with Crippen molar-refractivity contribution in [1.29, 1.82) is 0 Å². The molecule has 2 rings (SSSR count). The van der Waals surface area contributed by atoms with Crippen molar-refractivity contribution < 1.29 is 13.9 Å². The summed E-state index contributed by atoms with van der Waals surface area (Å²) in [5.41, 5.74) is 7.58. The quantitative estimate of drug-likeness (QED) is 0.743. The van der Waals surface area contributed by atoms with Crippen LogP contribution in [-0.2, 0) is 11.3 Å². The van der Waals surface area contributed by atoms with E-state index in [2.05, 4.69) is 9.72 Å². The van der Waals surface area contributed by atoms with Crippen LogP contribution < -0.4 is 5.73 Å². The number of oxazole rings is 1. The van der Waals surface area contributed by atoms with Gasteiger partial charge in [0, 0.05) is 6.54 Å². The maximum atomic E-state index is 11.1. The molecule has 1 aromatic carbocycles. The van der Waals surface area contributed by atoms with E-state index in [0.29, 0.717) is 17.6 Å². The zero-order chi connectivity index (χ0) is 10.8. The number of aromatic nitrogens is 1. The molecule has 0 bridgehead atoms. The summed E-state index contributed by atoms with van der Waals surface area (Å²) in [6.07, 6.45) is 0. The Labute approximate surface area is 85.8 Å². The Morgan fingerprint density at radius 3 is 3.07 bits per heavy atom. The third-order valence-electron chi connectivity index (χ3n) is 2.05. The Balaban J connectivity index is 2.51. The number of hydrogen-bond donors (Lipinski definition) is 1. The molecule has 0 amide bonds. The van der Waals surface area contributed by atoms with Crippen molar-refractivity contribution >= 4 is 17.1 Å². The summed E-state index contributed by atoms with van der Waals surface area (Å²) in [5.74, 6) is -0.623. The number of hydrogen-bond acceptors (Lipinski definition) is 5. The lowest BCUT2D eigenvalue weighted by Crippen LogP contribution is -2.00. The third kappa shape index (κ3) is 1.69. The SMILES string of the molecule is COC(=O)c1nc2cc(CN)ccc2o1. The molecule has 1 heterocycles. The lowest BCUT2D eigenvalue weighted by atomic mass is 10.2. The molecule has 0 unspecified atom stereocenters. The molecule has 0 radical (unpaired) electrons. The highest BCUT2D eigenvalue weighted by Gasteiger charge is 2.14. The Morgan fingerprint density at radius 1 is 1.60 bits per heavy atom. The first-order chi connectivity index (χ1) is 7.24. The minimum Gasteiger partial charge on any atom is -0.462 e. The molecule has 0 atom stereocenters. The fraction of sp³-hybridized carbons (Fsp3) is 0.200. The van der Waals surface area contributed by atoms with Crippen molar-refractivity contribution in [2.45, 2.75) is 6.54 Å². The molecule has 2 N–H and O–H groups in total. The van der Waals surface area contributed by atoms with Gasteiger partial charge < -0.3 is 14.9 Å². The highest BCUT2D eigenvalue weighted by Crippen LogP contribution is 2.17. The molecule has 5 nitrogen and oxygen atoms in total. The van der Waals surface area contributed by atoms with Gasteiger partial charge in [0.2, 0.25) is 0 Å². The van der Waals surface area contributed by atoms with Crippen LogP contribution in [-0.4, -0.2) is 18.1 Å². The topological polar surface area (TPSA) is 78.3 Å². The van der Waals surface area contributed by atoms with Crippen LogP contribution in [0.15, 0.2) is 22.6 Å². The van der Waals surface area contributed by atoms with Gasteiger partial charge in [-0.15, -0.1) is 0 Å². The Kier molecular flexibility index (Phi) is 2.39. The number of carbonyl (C=O) groups is 1. The number of ether oxygens (including phenoxy) is 1. The van der Waals surface area contributed by atoms with Crippen molar-refractivity contribution in [2.75, 3.05) is 7.11 Å². The summed E-state index contributed by atoms with van der Waals surface area (Å²) in [4.78, 5) is 15.1. The van der Waals surface area contributed by atoms with Crippen LogP contribution in [0.5, 0.6) is 0 Å². The molecule has 0 aliphatic heterocycles. The van der Waals surface area contributed by atoms with E-state index < -0.39 is 5.97 Å². The van der Waals surface area contributed by atoms with Crippen molar-refractivity contribution in [3.63, 3.8) is 0 Å². The number of rotatable bonds is 2. The maximum absolute atomic E-state index is 11.1. The van der Waals surface area contributed by atoms with E-state index in [-0.39, 0.29) is 5.89 Å². The molecule has 15 heavy (non-hydrogen) atoms. The molecular weight excluding hydrogens is 196 g/mol. The van der Waals surface area contributed by atoms with Gasteiger partial charge in [0.15, 0.2) is 5.58 Å². The van der Waals surface area contributed by atoms with Crippen LogP contribution in [0.4, 0.5) is 0 Å². The first-order valence-electron chi connectivity index (χ1n) is 4.42. The van der Waals surface area contributed by atoms with Crippen molar-refractivity contribution in [2.24, 2.45) is 5.73 Å². The summed E-state index contributed by atoms with van der Waals surface area (Å²) < 4.78 is 9.70. The van der Waals surface area contributed by atoms with Crippen LogP contribution in [0.3, 0.4) is 0 Å². The van der Waals surface area contributed by atoms with Crippen molar-refractivity contribution in [3.05, 3.63) is 29.7 Å². The van der Waals surface area contributed by atoms with Gasteiger partial charge in [-0.2, -0.15) is 0 Å². The molecule has 0 aliphatic carbocycles. The van der Waals surface area contributed by atoms with Gasteiger partial charge in [0.1, 0.15) is 5.52 Å². The van der Waals surface area contributed by atoms with E-state index in [4.69, 9.17) is 10.2 Å². The van der Waals surface area contributed by atoms with E-state index in [1.807, 2.05) is 6.07 Å². The van der Waals surface area contributed by atoms with Gasteiger partial charge in [-0.25, -0.2) is 9.78 Å². The predicted molar refractivity (Wildman–Crippen MR) is 53.2 cm³/mol. The minimum absolute atomic E-state index is 0.0401. The van der Waals surface area contributed by atoms with Crippen LogP contribution in [0.2, 0.25) is 0 Å². The van der Waals surface area contributed by atoms with E-state index in [1.165, 1.54) is 7.11 Å². The molecule has 0 saturated carbocycles. The Morgan fingerprint density at radius 2 is 2.40 bits per heavy atom. The number of esters is 1. The zero-order valence-corrected chi connectivity index (χ0v) is 8.19. The van der Waals surface area contributed by atoms with Gasteiger partial charge in [0.25, 0.3) is 0 Å². The van der Waals surface area contributed by atoms with Gasteiger partial charge in [-0.1, -0.05) is 6.07 Å². The number of methoxy groups -OCH3 is 1. The zero-order valence-electron chi connectivity index (χ0n) is 8.19. The predicted octanol–water partition coefficient (Wildman–Crippen LogP) is 1.07. The summed E-state index contributed by atoms with van der Waals surface area (Å²) in [6.45, 7) is 0.427. The normalized spacial score (nSPS) is 10.5. The van der Waals surface area contributed by atoms with Gasteiger partial charge in [-0.05, 0) is 17.7 Å². The van der Waals surface area contributed by atoms with Crippen molar-refractivity contribution in [1.82, 2.24) is 4.98 Å². The fourth-order valence-electron chi connectivity index (χ4n) is 1.27. The summed E-state index contributed by atoms with van der Waals surface area (Å²) >= 11 is 0. The highest BCUT2D eigenvalue weighted by atomic mass is 16.5. The van der Waals surface area contributed by atoms with E-state index >= 15 is 0 Å². The van der Waals surface area contributed by atoms with Gasteiger partial charge in [0.05, 0.1) is 7.11 Å². The standard InChI is InChI=1S/C10H10N2O3/c1-14-10(13)9-12-7-4-6(5-11)2-3-8(7)15-9/h2-4H,5,11H2,1H3. The molecule has 0 spiro atoms. The molecule has 1 aromatic heterocycles. The summed E-state index contributed by atoms with van der Waals surface area (Å²) in [7, 11) is 1.28. The highest BCUT2D eigenvalue weighted by molar-refractivity contribution is 5.88. The first-order valence-corrected chi connectivity index (χ1v) is 4.42. The van der Waals surface area contributed by atoms with Gasteiger partial charge >= 0.3 is 11.9 Å². The maximum Gasteiger partial charge on any atom is 0.394 e. The molecule has 0 fully saturated rings. The minimum atomic E-state index is -0.583. The lowest BCUT2D eigenvalue weighted by Gasteiger charge is -1.92. The Bertz CT molecular complexity index is 504. The van der Waals surface area contributed by atoms with E-state index in [0.717, 1.165) is 5.56 Å². The molecule has 5 heteroatoms. The van der Waals surface area contributed by atoms with E-state index in [9.17, 15) is 4.79 Å². The smallest absolute Gasteiger partial charge is 0.394 e. The van der Waals surface area contributed by atoms with E-state index in [1.54, 1.807) is 12.1 Å². The Hall–Kier alpha value is -1.88. The van der Waals surface area contributed by atoms with Crippen LogP contribution in [0, 0.1) is 0 Å². The number of nitrogens with zero attached hydrogens (tertiary/aromatic N) is 1. The van der Waals surface area contributed by atoms with Gasteiger partial charge in [-0.3, -0.25) is 0 Å². The monoisotopic (exact) mass is 206 g/mol. The third-order valence-corrected chi connectivity index (χ3v) is 2.05. The second-order valence-corrected chi connectivity index (χ2v) is 3.02. The van der Waals surface area contributed by atoms with Crippen molar-refractivity contribution in [3.8, 4) is 0 Å². The second-order valence-electron chi connectivity index (χ2n) is 3.02. The largest absolute Gasteiger partial charge is 0.462 e. The average Bonchev–Trinajstić information content (AvgIpc) is 2.70. The average molecular weight is 206 g/mol. The number of nitrogens with two attached hydrogens (primary N) is 1. The van der Waals surface area contributed by atoms with Crippen LogP contribution >= 0.6 is 0 Å². The molecular formula is C10H10N2O3. The molecule has 2 aromatic rings.